The van der Waals surface area contributed by atoms with Gasteiger partial charge in [-0.25, -0.2) is 19.9 Å². The van der Waals surface area contributed by atoms with E-state index in [1.807, 2.05) is 28.4 Å². The van der Waals surface area contributed by atoms with Crippen molar-refractivity contribution in [2.75, 3.05) is 197 Å². The topological polar surface area (TPSA) is 350 Å². The predicted octanol–water partition coefficient (Wildman–Crippen LogP) is 9.38. The van der Waals surface area contributed by atoms with Crippen LogP contribution in [0.3, 0.4) is 0 Å². The lowest BCUT2D eigenvalue weighted by atomic mass is 9.92. The number of morpholine rings is 4. The van der Waals surface area contributed by atoms with Crippen LogP contribution in [0, 0.1) is 30.6 Å². The second-order valence-corrected chi connectivity index (χ2v) is 34.4. The molecule has 16 heterocycles. The fourth-order valence-electron chi connectivity index (χ4n) is 17.1. The smallest absolute Gasteiger partial charge is 0.162 e. The van der Waals surface area contributed by atoms with Crippen LogP contribution in [-0.2, 0) is 18.9 Å². The molecule has 0 bridgehead atoms. The zero-order valence-corrected chi connectivity index (χ0v) is 68.8. The highest BCUT2D eigenvalue weighted by atomic mass is 32.1. The van der Waals surface area contributed by atoms with Crippen molar-refractivity contribution in [3.63, 3.8) is 0 Å². The monoisotopic (exact) mass is 1660 g/mol. The average molecular weight is 1660 g/mol. The highest BCUT2D eigenvalue weighted by molar-refractivity contribution is 7.10. The number of ether oxygens (including phenoxy) is 4. The van der Waals surface area contributed by atoms with Crippen LogP contribution in [0.25, 0.3) is 43.6 Å². The molecule has 0 radical (unpaired) electrons. The van der Waals surface area contributed by atoms with Crippen molar-refractivity contribution in [2.45, 2.75) is 82.7 Å². The van der Waals surface area contributed by atoms with E-state index in [0.717, 1.165) is 324 Å². The van der Waals surface area contributed by atoms with Crippen LogP contribution in [0.5, 0.6) is 0 Å². The summed E-state index contributed by atoms with van der Waals surface area (Å²) in [6.07, 6.45) is 11.0. The van der Waals surface area contributed by atoms with Gasteiger partial charge in [-0.15, -0.1) is 86.1 Å². The number of hydrogen-bond donors (Lipinski definition) is 4. The van der Waals surface area contributed by atoms with Gasteiger partial charge >= 0.3 is 0 Å². The molecule has 8 aliphatic rings. The number of hydrogen-bond acceptors (Lipinski definition) is 36. The Kier molecular flexibility index (Phi) is 26.0. The summed E-state index contributed by atoms with van der Waals surface area (Å²) < 4.78 is 21.8. The third kappa shape index (κ3) is 18.9. The number of aliphatic hydroxyl groups is 4. The molecule has 4 N–H and O–H groups in total. The molecule has 117 heavy (non-hydrogen) atoms. The van der Waals surface area contributed by atoms with Crippen LogP contribution in [0.4, 0.5) is 46.0 Å². The molecule has 8 aliphatic heterocycles. The summed E-state index contributed by atoms with van der Waals surface area (Å²) in [5.74, 6) is 3.91. The van der Waals surface area contributed by atoms with Crippen LogP contribution in [0.1, 0.15) is 102 Å². The molecule has 8 aromatic heterocycles. The zero-order chi connectivity index (χ0) is 79.4. The fourth-order valence-corrected chi connectivity index (χ4v) is 20.2. The minimum absolute atomic E-state index is 0.127. The highest BCUT2D eigenvalue weighted by Crippen LogP contribution is 2.41. The quantitative estimate of drug-likeness (QED) is 0.0699. The number of thiazole rings is 4. The van der Waals surface area contributed by atoms with Gasteiger partial charge in [0.1, 0.15) is 66.5 Å². The van der Waals surface area contributed by atoms with E-state index < -0.39 is 24.4 Å². The fraction of sp³-hybridized carbons (Fsp3) is 0.506. The largest absolute Gasteiger partial charge is 0.386 e. The van der Waals surface area contributed by atoms with Crippen LogP contribution in [-0.4, -0.2) is 260 Å². The molecule has 0 aliphatic carbocycles. The molecule has 8 saturated heterocycles. The number of piperidine rings is 4. The number of aromatic nitrogens is 16. The van der Waals surface area contributed by atoms with E-state index in [-0.39, 0.29) is 23.7 Å². The Labute approximate surface area is 693 Å². The van der Waals surface area contributed by atoms with Crippen molar-refractivity contribution in [2.24, 2.45) is 23.7 Å². The van der Waals surface area contributed by atoms with Gasteiger partial charge in [-0.1, -0.05) is 0 Å². The van der Waals surface area contributed by atoms with E-state index >= 15 is 0 Å². The third-order valence-corrected chi connectivity index (χ3v) is 27.0. The summed E-state index contributed by atoms with van der Waals surface area (Å²) >= 11 is 6.06. The van der Waals surface area contributed by atoms with Crippen LogP contribution < -0.4 is 39.2 Å². The molecule has 614 valence electrons. The normalized spacial score (nSPS) is 21.4. The Morgan fingerprint density at radius 2 is 0.590 bits per heavy atom. The van der Waals surface area contributed by atoms with Crippen LogP contribution >= 0.6 is 45.3 Å². The number of aryl methyl sites for hydroxylation is 1. The lowest BCUT2D eigenvalue weighted by molar-refractivity contribution is 0.0975. The van der Waals surface area contributed by atoms with E-state index in [1.165, 1.54) is 45.3 Å². The van der Waals surface area contributed by atoms with E-state index in [0.29, 0.717) is 0 Å². The summed E-state index contributed by atoms with van der Waals surface area (Å²) in [5.41, 5.74) is 8.92. The lowest BCUT2D eigenvalue weighted by Crippen LogP contribution is -2.38. The van der Waals surface area contributed by atoms with Gasteiger partial charge in [0, 0.05) is 218 Å². The highest BCUT2D eigenvalue weighted by Gasteiger charge is 2.36. The van der Waals surface area contributed by atoms with Gasteiger partial charge in [-0.05, 0) is 152 Å². The third-order valence-electron chi connectivity index (χ3n) is 23.4. The molecular weight excluding hydrogens is 1570 g/mol. The second kappa shape index (κ2) is 38.1. The number of benzene rings is 4. The maximum absolute atomic E-state index is 10.9. The SMILES string of the molecule is Cc1csc([C@@H](O)[C@H]2CCCN(c3nnnc4cc(N5CCOCC5)ccc34)C2)n1.O[C@@H](c1nccs1)[C@@H]1CCCN(c2nnnc3cc(N4CCOCC4)ccc23)C1.O[C@@H](c1nccs1)[C@H]1CCCN(c2nnnc3cc(N4CCOCC4)ccc23)C1.O[C@H](c1nccs1)[C@@H]1CCCN(c2nnnc3cc(N4CCOCC4)ccc23)C1. The molecule has 32 nitrogen and oxygen atoms in total. The Hall–Kier alpha value is -9.44. The molecule has 20 rings (SSSR count). The van der Waals surface area contributed by atoms with Gasteiger partial charge < -0.3 is 78.6 Å². The van der Waals surface area contributed by atoms with Gasteiger partial charge in [-0.3, -0.25) is 0 Å². The van der Waals surface area contributed by atoms with Gasteiger partial charge in [-0.2, -0.15) is 0 Å². The molecular formula is C81H98N24O8S4. The second-order valence-electron chi connectivity index (χ2n) is 30.8. The average Bonchev–Trinajstić information content (AvgIpc) is 1.53. The van der Waals surface area contributed by atoms with Crippen molar-refractivity contribution in [3.05, 3.63) is 139 Å². The molecule has 0 spiro atoms. The molecule has 8 fully saturated rings. The molecule has 4 aromatic carbocycles. The molecule has 0 amide bonds. The minimum Gasteiger partial charge on any atom is -0.386 e. The van der Waals surface area contributed by atoms with Crippen molar-refractivity contribution in [1.29, 1.82) is 0 Å². The molecule has 12 aromatic rings. The number of fused-ring (bicyclic) bond motifs is 4. The summed E-state index contributed by atoms with van der Waals surface area (Å²) in [4.78, 5) is 35.5. The maximum atomic E-state index is 10.9. The van der Waals surface area contributed by atoms with Crippen molar-refractivity contribution < 1.29 is 39.4 Å². The predicted molar refractivity (Wildman–Crippen MR) is 454 cm³/mol. The molecule has 36 heteroatoms. The number of rotatable bonds is 16. The van der Waals surface area contributed by atoms with Crippen LogP contribution in [0.2, 0.25) is 0 Å². The van der Waals surface area contributed by atoms with Crippen molar-refractivity contribution in [1.82, 2.24) is 81.6 Å². The van der Waals surface area contributed by atoms with Gasteiger partial charge in [0.2, 0.25) is 0 Å². The van der Waals surface area contributed by atoms with E-state index in [4.69, 9.17) is 18.9 Å². The van der Waals surface area contributed by atoms with Crippen molar-refractivity contribution >= 4 is 135 Å². The first kappa shape index (κ1) is 80.0. The summed E-state index contributed by atoms with van der Waals surface area (Å²) in [7, 11) is 0. The summed E-state index contributed by atoms with van der Waals surface area (Å²) in [6, 6.07) is 25.3. The zero-order valence-electron chi connectivity index (χ0n) is 65.5. The number of aliphatic hydroxyl groups excluding tert-OH is 4. The van der Waals surface area contributed by atoms with Gasteiger partial charge in [0.05, 0.1) is 52.9 Å². The number of anilines is 8. The first-order chi connectivity index (χ1) is 57.6. The van der Waals surface area contributed by atoms with Crippen LogP contribution in [0.15, 0.2) is 113 Å². The van der Waals surface area contributed by atoms with E-state index in [2.05, 4.69) is 194 Å². The number of nitrogens with zero attached hydrogens (tertiary/aromatic N) is 24. The molecule has 0 unspecified atom stereocenters. The Morgan fingerprint density at radius 3 is 0.829 bits per heavy atom. The first-order valence-corrected chi connectivity index (χ1v) is 44.2. The molecule has 0 saturated carbocycles. The standard InChI is InChI=1S/C21H26N6O2S.3C20H24N6O2S/c1-14-13-30-21(22-14)19(28)15-3-2-6-27(12-15)20-17-5-4-16(11-18(17)23-25-24-20)26-7-9-29-10-8-26;3*27-18(20-21-5-11-29-20)14-2-1-6-26(13-14)19-16-4-3-15(12-17(16)22-24-23-19)25-7-9-28-10-8-25/h4-5,11,13,15,19,28H,2-3,6-10,12H2,1H3;3*3-5,11-12,14,18,27H,1-2,6-10,13H2/t15-,19-;2*14-,18+;14-,18-/m0101/s1. The Bertz CT molecular complexity index is 4810. The van der Waals surface area contributed by atoms with Gasteiger partial charge in [0.15, 0.2) is 23.3 Å². The molecule has 8 atom stereocenters. The van der Waals surface area contributed by atoms with Gasteiger partial charge in [0.25, 0.3) is 0 Å². The Morgan fingerprint density at radius 1 is 0.325 bits per heavy atom. The summed E-state index contributed by atoms with van der Waals surface area (Å²) in [5, 5.41) is 109. The van der Waals surface area contributed by atoms with E-state index in [9.17, 15) is 20.4 Å². The summed E-state index contributed by atoms with van der Waals surface area (Å²) in [6.45, 7) is 21.6. The maximum Gasteiger partial charge on any atom is 0.162 e. The lowest BCUT2D eigenvalue weighted by Gasteiger charge is -2.35. The first-order valence-electron chi connectivity index (χ1n) is 40.7. The van der Waals surface area contributed by atoms with E-state index in [1.54, 1.807) is 18.6 Å². The Balaban J connectivity index is 0.000000112. The van der Waals surface area contributed by atoms with Crippen molar-refractivity contribution in [3.8, 4) is 0 Å². The minimum atomic E-state index is -0.541.